The molecule has 0 aromatic heterocycles. The number of nitrogens with two attached hydrogens (primary N) is 1. The van der Waals surface area contributed by atoms with Gasteiger partial charge in [0.2, 0.25) is 5.91 Å². The highest BCUT2D eigenvalue weighted by Crippen LogP contribution is 2.20. The molecule has 0 saturated carbocycles. The molecule has 6 nitrogen and oxygen atoms in total. The molecule has 1 atom stereocenters. The molecule has 3 N–H and O–H groups in total. The van der Waals surface area contributed by atoms with Crippen LogP contribution in [0.15, 0.2) is 23.2 Å². The minimum Gasteiger partial charge on any atom is -0.496 e. The van der Waals surface area contributed by atoms with Crippen LogP contribution in [0.3, 0.4) is 0 Å². The van der Waals surface area contributed by atoms with Gasteiger partial charge in [0, 0.05) is 33.1 Å². The molecule has 138 valence electrons. The first-order chi connectivity index (χ1) is 12.0. The van der Waals surface area contributed by atoms with Crippen LogP contribution in [0.5, 0.6) is 5.75 Å². The number of rotatable bonds is 6. The highest BCUT2D eigenvalue weighted by Gasteiger charge is 2.23. The molecule has 1 aromatic rings. The Labute approximate surface area is 150 Å². The third-order valence-electron chi connectivity index (χ3n) is 4.69. The molecular weight excluding hydrogens is 316 g/mol. The zero-order valence-electron chi connectivity index (χ0n) is 15.5. The number of hydrogen-bond acceptors (Lipinski definition) is 3. The van der Waals surface area contributed by atoms with Crippen molar-refractivity contribution < 1.29 is 9.53 Å². The number of piperidine rings is 1. The molecule has 6 heteroatoms. The lowest BCUT2D eigenvalue weighted by Crippen LogP contribution is -2.47. The number of primary amides is 1. The molecule has 0 aliphatic carbocycles. The molecule has 1 saturated heterocycles. The second-order valence-corrected chi connectivity index (χ2v) is 6.65. The van der Waals surface area contributed by atoms with Gasteiger partial charge in [-0.15, -0.1) is 0 Å². The van der Waals surface area contributed by atoms with E-state index in [0.29, 0.717) is 12.3 Å². The lowest BCUT2D eigenvalue weighted by atomic mass is 9.95. The van der Waals surface area contributed by atoms with Crippen LogP contribution in [0.1, 0.15) is 30.4 Å². The number of benzene rings is 1. The van der Waals surface area contributed by atoms with Gasteiger partial charge in [0.1, 0.15) is 5.75 Å². The molecule has 1 aliphatic rings. The number of carbonyl (C=O) groups excluding carboxylic acids is 1. The van der Waals surface area contributed by atoms with E-state index in [9.17, 15) is 4.79 Å². The average molecular weight is 346 g/mol. The fourth-order valence-electron chi connectivity index (χ4n) is 3.38. The summed E-state index contributed by atoms with van der Waals surface area (Å²) in [5, 5.41) is 3.43. The number of carbonyl (C=O) groups is 1. The van der Waals surface area contributed by atoms with Crippen LogP contribution in [0, 0.1) is 12.8 Å². The summed E-state index contributed by atoms with van der Waals surface area (Å²) >= 11 is 0. The molecule has 1 aliphatic heterocycles. The topological polar surface area (TPSA) is 80.0 Å². The fourth-order valence-corrected chi connectivity index (χ4v) is 3.38. The monoisotopic (exact) mass is 346 g/mol. The maximum atomic E-state index is 11.2. The number of aliphatic imine (C=N–C) groups is 1. The minimum absolute atomic E-state index is 0.219. The van der Waals surface area contributed by atoms with Gasteiger partial charge in [-0.1, -0.05) is 12.1 Å². The number of aryl methyl sites for hydroxylation is 1. The smallest absolute Gasteiger partial charge is 0.217 e. The van der Waals surface area contributed by atoms with Gasteiger partial charge >= 0.3 is 0 Å². The molecule has 1 unspecified atom stereocenters. The molecule has 25 heavy (non-hydrogen) atoms. The van der Waals surface area contributed by atoms with Crippen LogP contribution in [0.4, 0.5) is 0 Å². The van der Waals surface area contributed by atoms with E-state index in [2.05, 4.69) is 33.4 Å². The number of amides is 1. The lowest BCUT2D eigenvalue weighted by molar-refractivity contribution is -0.119. The first-order valence-electron chi connectivity index (χ1n) is 8.91. The van der Waals surface area contributed by atoms with Gasteiger partial charge in [0.25, 0.3) is 0 Å². The fraction of sp³-hybridized carbons (Fsp3) is 0.579. The van der Waals surface area contributed by atoms with Crippen molar-refractivity contribution in [3.8, 4) is 5.75 Å². The van der Waals surface area contributed by atoms with E-state index in [0.717, 1.165) is 56.2 Å². The number of guanidine groups is 1. The summed E-state index contributed by atoms with van der Waals surface area (Å²) in [4.78, 5) is 17.8. The molecular formula is C19H30N4O2. The molecule has 0 bridgehead atoms. The Morgan fingerprint density at radius 3 is 2.96 bits per heavy atom. The highest BCUT2D eigenvalue weighted by atomic mass is 16.5. The zero-order chi connectivity index (χ0) is 18.2. The first kappa shape index (κ1) is 19.1. The molecule has 0 radical (unpaired) electrons. The van der Waals surface area contributed by atoms with Crippen molar-refractivity contribution in [2.45, 2.75) is 32.6 Å². The van der Waals surface area contributed by atoms with Crippen molar-refractivity contribution in [2.75, 3.05) is 33.8 Å². The standard InChI is InChI=1S/C19H30N4O2/c1-14-6-7-15(11-17(14)25-3)8-9-22-19(21-2)23-10-4-5-16(13-23)12-18(20)24/h6-7,11,16H,4-5,8-10,12-13H2,1-3H3,(H2,20,24)(H,21,22). The Bertz CT molecular complexity index is 615. The number of likely N-dealkylation sites (tertiary alicyclic amines) is 1. The van der Waals surface area contributed by atoms with Crippen molar-refractivity contribution in [3.63, 3.8) is 0 Å². The number of nitrogens with zero attached hydrogens (tertiary/aromatic N) is 2. The van der Waals surface area contributed by atoms with Gasteiger partial charge in [-0.25, -0.2) is 0 Å². The predicted octanol–water partition coefficient (Wildman–Crippen LogP) is 1.71. The van der Waals surface area contributed by atoms with E-state index in [1.165, 1.54) is 5.56 Å². The second-order valence-electron chi connectivity index (χ2n) is 6.65. The molecule has 0 spiro atoms. The number of nitrogens with one attached hydrogen (secondary N) is 1. The summed E-state index contributed by atoms with van der Waals surface area (Å²) in [6.07, 6.45) is 3.47. The van der Waals surface area contributed by atoms with Crippen LogP contribution in [0.2, 0.25) is 0 Å². The Balaban J connectivity index is 1.86. The van der Waals surface area contributed by atoms with Crippen molar-refractivity contribution >= 4 is 11.9 Å². The largest absolute Gasteiger partial charge is 0.496 e. The van der Waals surface area contributed by atoms with Gasteiger partial charge in [-0.2, -0.15) is 0 Å². The molecule has 1 aromatic carbocycles. The minimum atomic E-state index is -0.219. The number of methoxy groups -OCH3 is 1. The average Bonchev–Trinajstić information content (AvgIpc) is 2.59. The summed E-state index contributed by atoms with van der Waals surface area (Å²) in [6, 6.07) is 6.30. The van der Waals surface area contributed by atoms with Crippen LogP contribution in [0.25, 0.3) is 0 Å². The summed E-state index contributed by atoms with van der Waals surface area (Å²) < 4.78 is 5.38. The second kappa shape index (κ2) is 9.30. The van der Waals surface area contributed by atoms with Crippen molar-refractivity contribution in [1.82, 2.24) is 10.2 Å². The van der Waals surface area contributed by atoms with Crippen LogP contribution >= 0.6 is 0 Å². The van der Waals surface area contributed by atoms with E-state index in [-0.39, 0.29) is 5.91 Å². The van der Waals surface area contributed by atoms with Gasteiger partial charge in [0.05, 0.1) is 7.11 Å². The van der Waals surface area contributed by atoms with E-state index in [1.54, 1.807) is 14.2 Å². The summed E-state index contributed by atoms with van der Waals surface area (Å²) in [6.45, 7) is 4.64. The van der Waals surface area contributed by atoms with E-state index < -0.39 is 0 Å². The van der Waals surface area contributed by atoms with Crippen molar-refractivity contribution in [3.05, 3.63) is 29.3 Å². The van der Waals surface area contributed by atoms with Gasteiger partial charge < -0.3 is 20.7 Å². The Morgan fingerprint density at radius 1 is 1.48 bits per heavy atom. The van der Waals surface area contributed by atoms with Crippen LogP contribution < -0.4 is 15.8 Å². The third-order valence-corrected chi connectivity index (χ3v) is 4.69. The molecule has 1 heterocycles. The zero-order valence-corrected chi connectivity index (χ0v) is 15.5. The van der Waals surface area contributed by atoms with Crippen molar-refractivity contribution in [2.24, 2.45) is 16.6 Å². The summed E-state index contributed by atoms with van der Waals surface area (Å²) in [7, 11) is 3.50. The lowest BCUT2D eigenvalue weighted by Gasteiger charge is -2.34. The molecule has 2 rings (SSSR count). The molecule has 1 amide bonds. The number of hydrogen-bond donors (Lipinski definition) is 2. The molecule has 1 fully saturated rings. The maximum Gasteiger partial charge on any atom is 0.217 e. The Morgan fingerprint density at radius 2 is 2.28 bits per heavy atom. The maximum absolute atomic E-state index is 11.2. The van der Waals surface area contributed by atoms with E-state index in [1.807, 2.05) is 6.92 Å². The summed E-state index contributed by atoms with van der Waals surface area (Å²) in [5.74, 6) is 1.93. The number of ether oxygens (including phenoxy) is 1. The van der Waals surface area contributed by atoms with E-state index >= 15 is 0 Å². The Hall–Kier alpha value is -2.24. The van der Waals surface area contributed by atoms with E-state index in [4.69, 9.17) is 10.5 Å². The predicted molar refractivity (Wildman–Crippen MR) is 101 cm³/mol. The third kappa shape index (κ3) is 5.66. The van der Waals surface area contributed by atoms with Gasteiger partial charge in [0.15, 0.2) is 5.96 Å². The summed E-state index contributed by atoms with van der Waals surface area (Å²) in [5.41, 5.74) is 7.72. The quantitative estimate of drug-likeness (QED) is 0.607. The van der Waals surface area contributed by atoms with Crippen LogP contribution in [-0.4, -0.2) is 50.6 Å². The Kier molecular flexibility index (Phi) is 7.10. The SMILES string of the molecule is CN=C(NCCc1ccc(C)c(OC)c1)N1CCCC(CC(N)=O)C1. The van der Waals surface area contributed by atoms with Crippen LogP contribution in [-0.2, 0) is 11.2 Å². The van der Waals surface area contributed by atoms with Gasteiger partial charge in [-0.3, -0.25) is 9.79 Å². The highest BCUT2D eigenvalue weighted by molar-refractivity contribution is 5.80. The van der Waals surface area contributed by atoms with Crippen molar-refractivity contribution in [1.29, 1.82) is 0 Å². The first-order valence-corrected chi connectivity index (χ1v) is 8.91. The normalized spacial score (nSPS) is 18.1. The van der Waals surface area contributed by atoms with Gasteiger partial charge in [-0.05, 0) is 49.3 Å².